The molecule has 0 saturated heterocycles. The number of halogens is 1. The molecule has 0 radical (unpaired) electrons. The maximum Gasteiger partial charge on any atom is 0.224 e. The Balaban J connectivity index is 1.89. The first-order valence-corrected chi connectivity index (χ1v) is 7.36. The first-order valence-electron chi connectivity index (χ1n) is 7.36. The summed E-state index contributed by atoms with van der Waals surface area (Å²) in [6.07, 6.45) is 0.821. The van der Waals surface area contributed by atoms with Crippen molar-refractivity contribution >= 4 is 5.91 Å². The van der Waals surface area contributed by atoms with E-state index in [2.05, 4.69) is 5.32 Å². The zero-order valence-electron chi connectivity index (χ0n) is 12.3. The number of carbonyl (C=O) groups is 1. The smallest absolute Gasteiger partial charge is 0.224 e. The molecule has 0 bridgehead atoms. The quantitative estimate of drug-likeness (QED) is 0.826. The van der Waals surface area contributed by atoms with Crippen LogP contribution in [0, 0.1) is 5.82 Å². The van der Waals surface area contributed by atoms with Gasteiger partial charge in [0, 0.05) is 19.1 Å². The van der Waals surface area contributed by atoms with Crippen molar-refractivity contribution in [2.75, 3.05) is 13.2 Å². The van der Waals surface area contributed by atoms with E-state index in [1.165, 1.54) is 12.1 Å². The summed E-state index contributed by atoms with van der Waals surface area (Å²) < 4.78 is 12.8. The molecular formula is C18H20FNO2. The van der Waals surface area contributed by atoms with Gasteiger partial charge >= 0.3 is 0 Å². The topological polar surface area (TPSA) is 49.3 Å². The molecule has 0 aliphatic rings. The second-order valence-electron chi connectivity index (χ2n) is 5.23. The summed E-state index contributed by atoms with van der Waals surface area (Å²) in [5.41, 5.74) is 1.87. The first-order chi connectivity index (χ1) is 10.7. The second kappa shape index (κ2) is 8.29. The van der Waals surface area contributed by atoms with Gasteiger partial charge < -0.3 is 10.4 Å². The highest BCUT2D eigenvalue weighted by Crippen LogP contribution is 2.18. The molecule has 4 heteroatoms. The van der Waals surface area contributed by atoms with E-state index in [1.807, 2.05) is 30.3 Å². The summed E-state index contributed by atoms with van der Waals surface area (Å²) in [5.74, 6) is -0.329. The number of carbonyl (C=O) groups excluding carboxylic acids is 1. The van der Waals surface area contributed by atoms with Crippen LogP contribution >= 0.6 is 0 Å². The van der Waals surface area contributed by atoms with Gasteiger partial charge in [-0.2, -0.15) is 0 Å². The Labute approximate surface area is 129 Å². The molecule has 3 nitrogen and oxygen atoms in total. The Kier molecular flexibility index (Phi) is 6.10. The van der Waals surface area contributed by atoms with Crippen LogP contribution in [0.1, 0.15) is 23.5 Å². The highest BCUT2D eigenvalue weighted by atomic mass is 19.1. The number of benzene rings is 2. The van der Waals surface area contributed by atoms with Gasteiger partial charge in [0.2, 0.25) is 5.91 Å². The van der Waals surface area contributed by atoms with Gasteiger partial charge in [-0.25, -0.2) is 4.39 Å². The van der Waals surface area contributed by atoms with Crippen LogP contribution in [0.15, 0.2) is 54.6 Å². The summed E-state index contributed by atoms with van der Waals surface area (Å²) in [7, 11) is 0. The number of nitrogens with one attached hydrogen (secondary N) is 1. The van der Waals surface area contributed by atoms with Crippen molar-refractivity contribution in [2.24, 2.45) is 0 Å². The average molecular weight is 301 g/mol. The van der Waals surface area contributed by atoms with Crippen molar-refractivity contribution in [2.45, 2.75) is 18.8 Å². The molecule has 22 heavy (non-hydrogen) atoms. The Bertz CT molecular complexity index is 584. The van der Waals surface area contributed by atoms with E-state index < -0.39 is 0 Å². The van der Waals surface area contributed by atoms with E-state index >= 15 is 0 Å². The van der Waals surface area contributed by atoms with Crippen molar-refractivity contribution in [3.8, 4) is 0 Å². The largest absolute Gasteiger partial charge is 0.396 e. The molecule has 1 unspecified atom stereocenters. The fraction of sp³-hybridized carbons (Fsp3) is 0.278. The average Bonchev–Trinajstić information content (AvgIpc) is 2.54. The Morgan fingerprint density at radius 3 is 2.41 bits per heavy atom. The molecule has 116 valence electrons. The number of hydrogen-bond acceptors (Lipinski definition) is 2. The van der Waals surface area contributed by atoms with Crippen molar-refractivity contribution in [1.82, 2.24) is 5.32 Å². The highest BCUT2D eigenvalue weighted by Gasteiger charge is 2.12. The van der Waals surface area contributed by atoms with E-state index in [1.54, 1.807) is 12.1 Å². The van der Waals surface area contributed by atoms with Crippen LogP contribution in [0.2, 0.25) is 0 Å². The van der Waals surface area contributed by atoms with Crippen molar-refractivity contribution < 1.29 is 14.3 Å². The third-order valence-electron chi connectivity index (χ3n) is 3.57. The van der Waals surface area contributed by atoms with Crippen LogP contribution in [-0.2, 0) is 11.2 Å². The van der Waals surface area contributed by atoms with Crippen LogP contribution in [0.4, 0.5) is 4.39 Å². The van der Waals surface area contributed by atoms with Crippen LogP contribution in [0.25, 0.3) is 0 Å². The van der Waals surface area contributed by atoms with Crippen molar-refractivity contribution in [1.29, 1.82) is 0 Å². The lowest BCUT2D eigenvalue weighted by Gasteiger charge is -2.17. The molecule has 2 aromatic rings. The Hall–Kier alpha value is -2.20. The second-order valence-corrected chi connectivity index (χ2v) is 5.23. The number of rotatable bonds is 7. The van der Waals surface area contributed by atoms with E-state index in [0.29, 0.717) is 13.0 Å². The molecule has 2 aromatic carbocycles. The van der Waals surface area contributed by atoms with Crippen LogP contribution in [0.5, 0.6) is 0 Å². The molecule has 1 amide bonds. The minimum absolute atomic E-state index is 0.0768. The van der Waals surface area contributed by atoms with E-state index in [9.17, 15) is 14.3 Å². The lowest BCUT2D eigenvalue weighted by atomic mass is 9.96. The molecule has 0 heterocycles. The van der Waals surface area contributed by atoms with Crippen molar-refractivity contribution in [3.05, 3.63) is 71.5 Å². The predicted octanol–water partition coefficient (Wildman–Crippen LogP) is 2.65. The zero-order valence-corrected chi connectivity index (χ0v) is 12.3. The van der Waals surface area contributed by atoms with E-state index in [-0.39, 0.29) is 30.7 Å². The summed E-state index contributed by atoms with van der Waals surface area (Å²) in [5, 5.41) is 12.1. The standard InChI is InChI=1S/C18H20FNO2/c19-17-8-6-14(7-9-17)12-18(22)20-13-16(10-11-21)15-4-2-1-3-5-15/h1-9,16,21H,10-13H2,(H,20,22). The lowest BCUT2D eigenvalue weighted by molar-refractivity contribution is -0.120. The molecule has 1 atom stereocenters. The fourth-order valence-electron chi connectivity index (χ4n) is 2.35. The third-order valence-corrected chi connectivity index (χ3v) is 3.57. The number of aliphatic hydroxyl groups is 1. The lowest BCUT2D eigenvalue weighted by Crippen LogP contribution is -2.30. The Morgan fingerprint density at radius 1 is 1.09 bits per heavy atom. The van der Waals surface area contributed by atoms with Gasteiger partial charge in [-0.3, -0.25) is 4.79 Å². The predicted molar refractivity (Wildman–Crippen MR) is 84.0 cm³/mol. The maximum absolute atomic E-state index is 12.8. The summed E-state index contributed by atoms with van der Waals surface area (Å²) in [4.78, 5) is 12.0. The van der Waals surface area contributed by atoms with Crippen LogP contribution < -0.4 is 5.32 Å². The van der Waals surface area contributed by atoms with E-state index in [4.69, 9.17) is 0 Å². The maximum atomic E-state index is 12.8. The van der Waals surface area contributed by atoms with Gasteiger partial charge in [0.1, 0.15) is 5.82 Å². The normalized spacial score (nSPS) is 11.9. The molecule has 2 rings (SSSR count). The highest BCUT2D eigenvalue weighted by molar-refractivity contribution is 5.78. The zero-order chi connectivity index (χ0) is 15.8. The summed E-state index contributed by atoms with van der Waals surface area (Å²) >= 11 is 0. The molecule has 0 spiro atoms. The minimum Gasteiger partial charge on any atom is -0.396 e. The van der Waals surface area contributed by atoms with Crippen molar-refractivity contribution in [3.63, 3.8) is 0 Å². The van der Waals surface area contributed by atoms with Gasteiger partial charge in [0.15, 0.2) is 0 Å². The molecular weight excluding hydrogens is 281 g/mol. The third kappa shape index (κ3) is 4.97. The summed E-state index contributed by atoms with van der Waals surface area (Å²) in [6, 6.07) is 15.7. The van der Waals surface area contributed by atoms with Gasteiger partial charge in [-0.1, -0.05) is 42.5 Å². The van der Waals surface area contributed by atoms with Crippen LogP contribution in [0.3, 0.4) is 0 Å². The molecule has 2 N–H and O–H groups in total. The number of amides is 1. The Morgan fingerprint density at radius 2 is 1.77 bits per heavy atom. The number of aliphatic hydroxyl groups excluding tert-OH is 1. The fourth-order valence-corrected chi connectivity index (χ4v) is 2.35. The monoisotopic (exact) mass is 301 g/mol. The van der Waals surface area contributed by atoms with Crippen LogP contribution in [-0.4, -0.2) is 24.2 Å². The van der Waals surface area contributed by atoms with Gasteiger partial charge in [-0.05, 0) is 29.7 Å². The first kappa shape index (κ1) is 16.2. The van der Waals surface area contributed by atoms with E-state index in [0.717, 1.165) is 11.1 Å². The molecule has 0 aliphatic carbocycles. The SMILES string of the molecule is O=C(Cc1ccc(F)cc1)NCC(CCO)c1ccccc1. The molecule has 0 aliphatic heterocycles. The number of hydrogen-bond donors (Lipinski definition) is 2. The van der Waals surface area contributed by atoms with Gasteiger partial charge in [0.05, 0.1) is 6.42 Å². The molecule has 0 aromatic heterocycles. The summed E-state index contributed by atoms with van der Waals surface area (Å²) in [6.45, 7) is 0.554. The molecule has 0 fully saturated rings. The van der Waals surface area contributed by atoms with Gasteiger partial charge in [-0.15, -0.1) is 0 Å². The molecule has 0 saturated carbocycles. The minimum atomic E-state index is -0.309. The van der Waals surface area contributed by atoms with Gasteiger partial charge in [0.25, 0.3) is 0 Å².